The number of terminal acetylenes is 1. The van der Waals surface area contributed by atoms with Gasteiger partial charge in [-0.05, 0) is 6.92 Å². The summed E-state index contributed by atoms with van der Waals surface area (Å²) in [4.78, 5) is 4.26. The second kappa shape index (κ2) is 4.63. The molecule has 2 rings (SSSR count). The quantitative estimate of drug-likeness (QED) is 0.522. The average Bonchev–Trinajstić information content (AvgIpc) is 2.67. The third-order valence-corrected chi connectivity index (χ3v) is 3.65. The van der Waals surface area contributed by atoms with Gasteiger partial charge in [0.1, 0.15) is 29.8 Å². The minimum absolute atomic E-state index is 0.312. The number of rotatable bonds is 1. The molecule has 1 saturated heterocycles. The Morgan fingerprint density at radius 2 is 2.31 bits per heavy atom. The van der Waals surface area contributed by atoms with Gasteiger partial charge in [0, 0.05) is 6.54 Å². The van der Waals surface area contributed by atoms with Crippen LogP contribution in [-0.4, -0.2) is 51.7 Å². The molecule has 0 aromatic carbocycles. The van der Waals surface area contributed by atoms with Crippen LogP contribution in [0.15, 0.2) is 4.99 Å². The molecule has 2 aliphatic heterocycles. The number of aliphatic hydroxyl groups is 2. The summed E-state index contributed by atoms with van der Waals surface area (Å²) in [5.41, 5.74) is -0.312. The van der Waals surface area contributed by atoms with Crippen LogP contribution >= 0.6 is 11.8 Å². The summed E-state index contributed by atoms with van der Waals surface area (Å²) in [6.07, 6.45) is 2.42. The van der Waals surface area contributed by atoms with Crippen molar-refractivity contribution in [1.29, 1.82) is 0 Å². The van der Waals surface area contributed by atoms with E-state index in [9.17, 15) is 10.2 Å². The van der Waals surface area contributed by atoms with E-state index in [4.69, 9.17) is 11.2 Å². The molecule has 0 amide bonds. The summed E-state index contributed by atoms with van der Waals surface area (Å²) >= 11 is 1.39. The molecule has 3 N–H and O–H groups in total. The fourth-order valence-electron chi connectivity index (χ4n) is 1.73. The SMILES string of the molecule is C#C[C@H]1O[C@@H]2SC(NCC)=N[C@@H]2[C@@H](O)[C@@H]1O. The van der Waals surface area contributed by atoms with Crippen molar-refractivity contribution in [2.75, 3.05) is 6.54 Å². The first-order chi connectivity index (χ1) is 7.67. The molecule has 0 unspecified atom stereocenters. The number of aliphatic imine (C=N–C) groups is 1. The Morgan fingerprint density at radius 3 is 2.94 bits per heavy atom. The van der Waals surface area contributed by atoms with Crippen molar-refractivity contribution < 1.29 is 14.9 Å². The van der Waals surface area contributed by atoms with Crippen molar-refractivity contribution >= 4 is 16.9 Å². The highest BCUT2D eigenvalue weighted by Crippen LogP contribution is 2.35. The zero-order chi connectivity index (χ0) is 11.7. The highest BCUT2D eigenvalue weighted by molar-refractivity contribution is 8.14. The van der Waals surface area contributed by atoms with Gasteiger partial charge in [0.05, 0.1) is 0 Å². The Morgan fingerprint density at radius 1 is 1.56 bits per heavy atom. The molecule has 1 fully saturated rings. The van der Waals surface area contributed by atoms with Crippen LogP contribution in [0.4, 0.5) is 0 Å². The number of ether oxygens (including phenoxy) is 1. The minimum atomic E-state index is -1.07. The largest absolute Gasteiger partial charge is 0.388 e. The van der Waals surface area contributed by atoms with Crippen LogP contribution in [0.5, 0.6) is 0 Å². The van der Waals surface area contributed by atoms with Gasteiger partial charge in [-0.25, -0.2) is 0 Å². The van der Waals surface area contributed by atoms with Gasteiger partial charge in [-0.1, -0.05) is 17.7 Å². The maximum atomic E-state index is 9.86. The van der Waals surface area contributed by atoms with Crippen molar-refractivity contribution in [2.45, 2.75) is 36.7 Å². The Balaban J connectivity index is 2.11. The van der Waals surface area contributed by atoms with Crippen molar-refractivity contribution in [3.63, 3.8) is 0 Å². The van der Waals surface area contributed by atoms with Gasteiger partial charge in [-0.2, -0.15) is 0 Å². The van der Waals surface area contributed by atoms with Gasteiger partial charge in [-0.3, -0.25) is 4.99 Å². The van der Waals surface area contributed by atoms with E-state index in [0.717, 1.165) is 11.7 Å². The number of nitrogens with zero attached hydrogens (tertiary/aromatic N) is 1. The number of thioether (sulfide) groups is 1. The van der Waals surface area contributed by atoms with E-state index in [1.165, 1.54) is 11.8 Å². The lowest BCUT2D eigenvalue weighted by atomic mass is 9.99. The van der Waals surface area contributed by atoms with Crippen molar-refractivity contribution in [1.82, 2.24) is 5.32 Å². The Hall–Kier alpha value is -0.740. The summed E-state index contributed by atoms with van der Waals surface area (Å²) in [5.74, 6) is 2.33. The van der Waals surface area contributed by atoms with Crippen LogP contribution in [0.3, 0.4) is 0 Å². The summed E-state index contributed by atoms with van der Waals surface area (Å²) < 4.78 is 5.48. The number of hydrogen-bond donors (Lipinski definition) is 3. The predicted molar refractivity (Wildman–Crippen MR) is 62.0 cm³/mol. The Bertz CT molecular complexity index is 341. The van der Waals surface area contributed by atoms with Gasteiger partial charge in [0.15, 0.2) is 5.17 Å². The summed E-state index contributed by atoms with van der Waals surface area (Å²) in [5, 5.41) is 23.3. The Labute approximate surface area is 98.3 Å². The van der Waals surface area contributed by atoms with E-state index < -0.39 is 24.4 Å². The first-order valence-electron chi connectivity index (χ1n) is 5.13. The predicted octanol–water partition coefficient (Wildman–Crippen LogP) is -0.853. The highest BCUT2D eigenvalue weighted by Gasteiger charge is 2.47. The second-order valence-corrected chi connectivity index (χ2v) is 4.73. The summed E-state index contributed by atoms with van der Waals surface area (Å²) in [6.45, 7) is 2.71. The van der Waals surface area contributed by atoms with E-state index >= 15 is 0 Å². The van der Waals surface area contributed by atoms with Gasteiger partial charge >= 0.3 is 0 Å². The smallest absolute Gasteiger partial charge is 0.159 e. The number of nitrogens with one attached hydrogen (secondary N) is 1. The van der Waals surface area contributed by atoms with Crippen LogP contribution in [0, 0.1) is 12.3 Å². The number of aliphatic hydroxyl groups excluding tert-OH is 2. The molecule has 0 aliphatic carbocycles. The van der Waals surface area contributed by atoms with Crippen molar-refractivity contribution in [3.8, 4) is 12.3 Å². The normalized spacial score (nSPS) is 42.1. The molecule has 5 nitrogen and oxygen atoms in total. The topological polar surface area (TPSA) is 74.1 Å². The molecule has 16 heavy (non-hydrogen) atoms. The lowest BCUT2D eigenvalue weighted by molar-refractivity contribution is -0.131. The lowest BCUT2D eigenvalue weighted by Crippen LogP contribution is -2.54. The van der Waals surface area contributed by atoms with Gasteiger partial charge in [0.25, 0.3) is 0 Å². The number of amidine groups is 1. The standard InChI is InChI=1S/C10H14N2O3S/c1-3-5-7(13)8(14)6-9(15-5)16-10(12-6)11-4-2/h1,5-9,13-14H,4H2,2H3,(H,11,12)/t5-,6-,7-,8-,9-/m1/s1. The second-order valence-electron chi connectivity index (χ2n) is 3.65. The van der Waals surface area contributed by atoms with Gasteiger partial charge in [-0.15, -0.1) is 6.42 Å². The van der Waals surface area contributed by atoms with Crippen LogP contribution in [0.1, 0.15) is 6.92 Å². The fourth-order valence-corrected chi connectivity index (χ4v) is 2.90. The molecular formula is C10H14N2O3S. The van der Waals surface area contributed by atoms with Crippen LogP contribution in [-0.2, 0) is 4.74 Å². The summed E-state index contributed by atoms with van der Waals surface area (Å²) in [6, 6.07) is -0.446. The van der Waals surface area contributed by atoms with Crippen molar-refractivity contribution in [3.05, 3.63) is 0 Å². The van der Waals surface area contributed by atoms with Crippen LogP contribution in [0.2, 0.25) is 0 Å². The molecule has 88 valence electrons. The van der Waals surface area contributed by atoms with Crippen LogP contribution < -0.4 is 5.32 Å². The molecule has 5 atom stereocenters. The molecule has 2 heterocycles. The first-order valence-corrected chi connectivity index (χ1v) is 6.01. The molecule has 0 saturated carbocycles. The third kappa shape index (κ3) is 1.92. The number of fused-ring (bicyclic) bond motifs is 1. The molecule has 0 aromatic rings. The molecule has 2 aliphatic rings. The zero-order valence-electron chi connectivity index (χ0n) is 8.83. The molecule has 0 radical (unpaired) electrons. The van der Waals surface area contributed by atoms with E-state index in [1.807, 2.05) is 6.92 Å². The minimum Gasteiger partial charge on any atom is -0.388 e. The fraction of sp³-hybridized carbons (Fsp3) is 0.700. The van der Waals surface area contributed by atoms with Gasteiger partial charge in [0.2, 0.25) is 0 Å². The van der Waals surface area contributed by atoms with Crippen LogP contribution in [0.25, 0.3) is 0 Å². The first kappa shape index (κ1) is 11.7. The molecule has 0 bridgehead atoms. The van der Waals surface area contributed by atoms with E-state index in [2.05, 4.69) is 16.2 Å². The average molecular weight is 242 g/mol. The maximum Gasteiger partial charge on any atom is 0.159 e. The van der Waals surface area contributed by atoms with Gasteiger partial charge < -0.3 is 20.3 Å². The van der Waals surface area contributed by atoms with E-state index in [0.29, 0.717) is 0 Å². The Kier molecular flexibility index (Phi) is 3.40. The maximum absolute atomic E-state index is 9.86. The van der Waals surface area contributed by atoms with Crippen molar-refractivity contribution in [2.24, 2.45) is 4.99 Å². The third-order valence-electron chi connectivity index (χ3n) is 2.56. The molecule has 0 spiro atoms. The zero-order valence-corrected chi connectivity index (χ0v) is 9.65. The summed E-state index contributed by atoms with van der Waals surface area (Å²) in [7, 11) is 0. The van der Waals surface area contributed by atoms with E-state index in [-0.39, 0.29) is 5.44 Å². The monoisotopic (exact) mass is 242 g/mol. The molecule has 6 heteroatoms. The molecular weight excluding hydrogens is 228 g/mol. The molecule has 0 aromatic heterocycles. The van der Waals surface area contributed by atoms with E-state index in [1.54, 1.807) is 0 Å². The highest BCUT2D eigenvalue weighted by atomic mass is 32.2. The number of hydrogen-bond acceptors (Lipinski definition) is 6. The lowest BCUT2D eigenvalue weighted by Gasteiger charge is -2.35.